The fourth-order valence-electron chi connectivity index (χ4n) is 3.53. The van der Waals surface area contributed by atoms with Crippen molar-refractivity contribution in [2.75, 3.05) is 19.8 Å². The van der Waals surface area contributed by atoms with Gasteiger partial charge in [-0.1, -0.05) is 12.8 Å². The van der Waals surface area contributed by atoms with E-state index in [0.29, 0.717) is 25.4 Å². The van der Waals surface area contributed by atoms with Gasteiger partial charge in [-0.15, -0.1) is 0 Å². The van der Waals surface area contributed by atoms with Gasteiger partial charge in [-0.05, 0) is 25.7 Å². The Morgan fingerprint density at radius 1 is 1.11 bits per heavy atom. The van der Waals surface area contributed by atoms with Crippen molar-refractivity contribution in [3.63, 3.8) is 0 Å². The topological polar surface area (TPSA) is 44.8 Å². The minimum absolute atomic E-state index is 0.0238. The quantitative estimate of drug-likeness (QED) is 0.773. The summed E-state index contributed by atoms with van der Waals surface area (Å²) in [6.45, 7) is 1.98. The zero-order valence-corrected chi connectivity index (χ0v) is 10.9. The molecule has 1 atom stereocenters. The predicted molar refractivity (Wildman–Crippen MR) is 65.2 cm³/mol. The zero-order valence-electron chi connectivity index (χ0n) is 10.9. The molecule has 1 aliphatic carbocycles. The van der Waals surface area contributed by atoms with E-state index in [1.807, 2.05) is 0 Å². The molecule has 4 nitrogen and oxygen atoms in total. The van der Waals surface area contributed by atoms with Crippen LogP contribution >= 0.6 is 0 Å². The van der Waals surface area contributed by atoms with Crippen molar-refractivity contribution in [1.82, 2.24) is 0 Å². The van der Waals surface area contributed by atoms with Crippen molar-refractivity contribution < 1.29 is 19.0 Å². The van der Waals surface area contributed by atoms with Crippen molar-refractivity contribution >= 4 is 5.78 Å². The van der Waals surface area contributed by atoms with Gasteiger partial charge in [0.05, 0.1) is 25.2 Å². The normalized spacial score (nSPS) is 32.1. The molecule has 18 heavy (non-hydrogen) atoms. The first-order chi connectivity index (χ1) is 8.77. The lowest BCUT2D eigenvalue weighted by Gasteiger charge is -2.37. The van der Waals surface area contributed by atoms with Crippen molar-refractivity contribution in [2.24, 2.45) is 5.92 Å². The van der Waals surface area contributed by atoms with Crippen molar-refractivity contribution in [2.45, 2.75) is 56.8 Å². The van der Waals surface area contributed by atoms with E-state index < -0.39 is 0 Å². The molecule has 1 saturated carbocycles. The van der Waals surface area contributed by atoms with Gasteiger partial charge in [0.15, 0.2) is 6.29 Å². The molecule has 2 aliphatic heterocycles. The van der Waals surface area contributed by atoms with Gasteiger partial charge in [0.25, 0.3) is 0 Å². The highest BCUT2D eigenvalue weighted by Gasteiger charge is 2.42. The van der Waals surface area contributed by atoms with Crippen LogP contribution in [-0.2, 0) is 19.0 Å². The minimum Gasteiger partial charge on any atom is -0.375 e. The summed E-state index contributed by atoms with van der Waals surface area (Å²) >= 11 is 0. The number of carbonyl (C=O) groups is 1. The summed E-state index contributed by atoms with van der Waals surface area (Å²) in [5.41, 5.74) is 0.0238. The van der Waals surface area contributed by atoms with Crippen molar-refractivity contribution in [3.8, 4) is 0 Å². The second-order valence-corrected chi connectivity index (χ2v) is 5.77. The molecule has 2 heterocycles. The van der Waals surface area contributed by atoms with Gasteiger partial charge in [0.2, 0.25) is 0 Å². The van der Waals surface area contributed by atoms with Gasteiger partial charge >= 0.3 is 0 Å². The van der Waals surface area contributed by atoms with E-state index >= 15 is 0 Å². The van der Waals surface area contributed by atoms with Crippen LogP contribution in [0, 0.1) is 5.92 Å². The summed E-state index contributed by atoms with van der Waals surface area (Å²) in [4.78, 5) is 12.3. The molecule has 102 valence electrons. The Morgan fingerprint density at radius 3 is 2.56 bits per heavy atom. The van der Waals surface area contributed by atoms with Crippen LogP contribution in [0.4, 0.5) is 0 Å². The van der Waals surface area contributed by atoms with E-state index in [1.165, 1.54) is 12.8 Å². The first kappa shape index (κ1) is 12.6. The Hall–Kier alpha value is -0.450. The van der Waals surface area contributed by atoms with Gasteiger partial charge in [-0.2, -0.15) is 0 Å². The molecule has 3 fully saturated rings. The molecular weight excluding hydrogens is 232 g/mol. The maximum Gasteiger partial charge on any atom is 0.164 e. The standard InChI is InChI=1S/C14H22O4/c15-12(9-13-16-7-8-17-13)11-3-6-18-14(10-11)4-1-2-5-14/h11,13H,1-10H2. The number of ketones is 1. The molecule has 1 spiro atoms. The molecular formula is C14H22O4. The third-order valence-electron chi connectivity index (χ3n) is 4.52. The number of hydrogen-bond donors (Lipinski definition) is 0. The smallest absolute Gasteiger partial charge is 0.164 e. The number of hydrogen-bond acceptors (Lipinski definition) is 4. The largest absolute Gasteiger partial charge is 0.375 e. The van der Waals surface area contributed by atoms with Gasteiger partial charge in [0.1, 0.15) is 5.78 Å². The second kappa shape index (κ2) is 5.27. The summed E-state index contributed by atoms with van der Waals surface area (Å²) in [5, 5.41) is 0. The number of rotatable bonds is 3. The van der Waals surface area contributed by atoms with Gasteiger partial charge in [-0.25, -0.2) is 0 Å². The SMILES string of the molecule is O=C(CC1OCCO1)C1CCOC2(CCCC2)C1. The average molecular weight is 254 g/mol. The van der Waals surface area contributed by atoms with Crippen LogP contribution < -0.4 is 0 Å². The van der Waals surface area contributed by atoms with Crippen LogP contribution in [0.3, 0.4) is 0 Å². The molecule has 4 heteroatoms. The summed E-state index contributed by atoms with van der Waals surface area (Å²) in [6.07, 6.45) is 6.67. The Kier molecular flexibility index (Phi) is 3.68. The molecule has 0 bridgehead atoms. The first-order valence-corrected chi connectivity index (χ1v) is 7.17. The van der Waals surface area contributed by atoms with Crippen LogP contribution in [0.15, 0.2) is 0 Å². The van der Waals surface area contributed by atoms with E-state index in [9.17, 15) is 4.79 Å². The van der Waals surface area contributed by atoms with E-state index in [0.717, 1.165) is 32.3 Å². The lowest BCUT2D eigenvalue weighted by molar-refractivity contribution is -0.143. The van der Waals surface area contributed by atoms with Gasteiger partial charge in [0, 0.05) is 12.5 Å². The maximum atomic E-state index is 12.3. The van der Waals surface area contributed by atoms with Crippen LogP contribution in [0.2, 0.25) is 0 Å². The van der Waals surface area contributed by atoms with Crippen LogP contribution in [0.5, 0.6) is 0 Å². The average Bonchev–Trinajstić information content (AvgIpc) is 3.02. The predicted octanol–water partition coefficient (Wildman–Crippen LogP) is 2.06. The zero-order chi connectivity index (χ0) is 12.4. The molecule has 0 N–H and O–H groups in total. The Bertz CT molecular complexity index is 303. The highest BCUT2D eigenvalue weighted by molar-refractivity contribution is 5.81. The molecule has 2 saturated heterocycles. The molecule has 3 rings (SSSR count). The second-order valence-electron chi connectivity index (χ2n) is 5.77. The molecule has 0 aromatic rings. The number of carbonyl (C=O) groups excluding carboxylic acids is 1. The summed E-state index contributed by atoms with van der Waals surface area (Å²) in [7, 11) is 0. The summed E-state index contributed by atoms with van der Waals surface area (Å²) in [5.74, 6) is 0.459. The van der Waals surface area contributed by atoms with E-state index in [1.54, 1.807) is 0 Å². The third kappa shape index (κ3) is 2.60. The molecule has 3 aliphatic rings. The van der Waals surface area contributed by atoms with Crippen LogP contribution in [-0.4, -0.2) is 37.5 Å². The lowest BCUT2D eigenvalue weighted by atomic mass is 9.81. The van der Waals surface area contributed by atoms with Crippen molar-refractivity contribution in [3.05, 3.63) is 0 Å². The highest BCUT2D eigenvalue weighted by Crippen LogP contribution is 2.42. The van der Waals surface area contributed by atoms with E-state index in [2.05, 4.69) is 0 Å². The lowest BCUT2D eigenvalue weighted by Crippen LogP contribution is -2.40. The van der Waals surface area contributed by atoms with Crippen LogP contribution in [0.1, 0.15) is 44.9 Å². The first-order valence-electron chi connectivity index (χ1n) is 7.17. The van der Waals surface area contributed by atoms with Gasteiger partial charge in [-0.3, -0.25) is 4.79 Å². The summed E-state index contributed by atoms with van der Waals surface area (Å²) < 4.78 is 16.7. The molecule has 0 radical (unpaired) electrons. The summed E-state index contributed by atoms with van der Waals surface area (Å²) in [6, 6.07) is 0. The van der Waals surface area contributed by atoms with E-state index in [-0.39, 0.29) is 17.8 Å². The molecule has 0 aromatic carbocycles. The Balaban J connectivity index is 1.56. The van der Waals surface area contributed by atoms with Gasteiger partial charge < -0.3 is 14.2 Å². The third-order valence-corrected chi connectivity index (χ3v) is 4.52. The van der Waals surface area contributed by atoms with Crippen molar-refractivity contribution in [1.29, 1.82) is 0 Å². The number of ether oxygens (including phenoxy) is 3. The maximum absolute atomic E-state index is 12.3. The highest BCUT2D eigenvalue weighted by atomic mass is 16.7. The molecule has 0 aromatic heterocycles. The molecule has 0 amide bonds. The Morgan fingerprint density at radius 2 is 1.83 bits per heavy atom. The Labute approximate surface area is 108 Å². The fourth-order valence-corrected chi connectivity index (χ4v) is 3.53. The minimum atomic E-state index is -0.292. The fraction of sp³-hybridized carbons (Fsp3) is 0.929. The van der Waals surface area contributed by atoms with Crippen LogP contribution in [0.25, 0.3) is 0 Å². The number of Topliss-reactive ketones (excluding diaryl/α,β-unsaturated/α-hetero) is 1. The monoisotopic (exact) mass is 254 g/mol. The molecule has 1 unspecified atom stereocenters. The van der Waals surface area contributed by atoms with E-state index in [4.69, 9.17) is 14.2 Å².